The Kier molecular flexibility index (Phi) is 9.62. The number of rotatable bonds is 12. The van der Waals surface area contributed by atoms with Gasteiger partial charge in [-0.3, -0.25) is 14.4 Å². The Morgan fingerprint density at radius 1 is 1.03 bits per heavy atom. The first-order valence-corrected chi connectivity index (χ1v) is 10.2. The van der Waals surface area contributed by atoms with Crippen molar-refractivity contribution in [3.05, 3.63) is 46.3 Å². The average molecular weight is 399 g/mol. The fraction of sp³-hybridized carbons (Fsp3) is 0.455. The van der Waals surface area contributed by atoms with Crippen LogP contribution in [0.25, 0.3) is 11.0 Å². The first-order valence-electron chi connectivity index (χ1n) is 10.2. The van der Waals surface area contributed by atoms with E-state index in [4.69, 9.17) is 4.42 Å². The summed E-state index contributed by atoms with van der Waals surface area (Å²) in [5.41, 5.74) is 2.78. The number of hydrogen-bond acceptors (Lipinski definition) is 5. The van der Waals surface area contributed by atoms with Gasteiger partial charge in [-0.25, -0.2) is 5.43 Å². The second-order valence-corrected chi connectivity index (χ2v) is 6.96. The van der Waals surface area contributed by atoms with Crippen LogP contribution in [0.5, 0.6) is 0 Å². The topological polar surface area (TPSA) is 101 Å². The van der Waals surface area contributed by atoms with Gasteiger partial charge in [-0.15, -0.1) is 0 Å². The molecule has 0 saturated heterocycles. The number of fused-ring (bicyclic) bond motifs is 1. The SMILES string of the molecule is CCCCCCCCCC(=O)NCC(=O)N/N=C/c1coc2ccccc2c1=O. The molecule has 0 unspecified atom stereocenters. The largest absolute Gasteiger partial charge is 0.463 e. The first kappa shape index (κ1) is 22.3. The van der Waals surface area contributed by atoms with Crippen LogP contribution >= 0.6 is 0 Å². The van der Waals surface area contributed by atoms with Crippen LogP contribution in [0.15, 0.2) is 44.8 Å². The molecule has 29 heavy (non-hydrogen) atoms. The summed E-state index contributed by atoms with van der Waals surface area (Å²) in [6.45, 7) is 2.03. The number of hydrazone groups is 1. The summed E-state index contributed by atoms with van der Waals surface area (Å²) in [5, 5.41) is 6.78. The van der Waals surface area contributed by atoms with Gasteiger partial charge in [-0.05, 0) is 18.6 Å². The lowest BCUT2D eigenvalue weighted by Gasteiger charge is -2.04. The van der Waals surface area contributed by atoms with Crippen molar-refractivity contribution in [2.24, 2.45) is 5.10 Å². The Labute approximate surface area is 170 Å². The Morgan fingerprint density at radius 3 is 2.55 bits per heavy atom. The number of benzene rings is 1. The number of carbonyl (C=O) groups excluding carboxylic acids is 2. The minimum Gasteiger partial charge on any atom is -0.463 e. The van der Waals surface area contributed by atoms with Gasteiger partial charge in [0.15, 0.2) is 0 Å². The third-order valence-corrected chi connectivity index (χ3v) is 4.55. The van der Waals surface area contributed by atoms with Crippen molar-refractivity contribution in [3.63, 3.8) is 0 Å². The van der Waals surface area contributed by atoms with Gasteiger partial charge in [-0.1, -0.05) is 57.6 Å². The number of hydrogen-bond donors (Lipinski definition) is 2. The van der Waals surface area contributed by atoms with Crippen LogP contribution in [-0.2, 0) is 9.59 Å². The van der Waals surface area contributed by atoms with Gasteiger partial charge < -0.3 is 9.73 Å². The maximum absolute atomic E-state index is 12.3. The van der Waals surface area contributed by atoms with Crippen LogP contribution in [0.1, 0.15) is 63.9 Å². The van der Waals surface area contributed by atoms with Crippen molar-refractivity contribution in [2.45, 2.75) is 58.3 Å². The van der Waals surface area contributed by atoms with Gasteiger partial charge in [0.05, 0.1) is 23.7 Å². The van der Waals surface area contributed by atoms with Crippen molar-refractivity contribution in [2.75, 3.05) is 6.54 Å². The van der Waals surface area contributed by atoms with Crippen LogP contribution in [-0.4, -0.2) is 24.6 Å². The quantitative estimate of drug-likeness (QED) is 0.324. The highest BCUT2D eigenvalue weighted by atomic mass is 16.3. The molecule has 0 aliphatic rings. The molecule has 0 saturated carbocycles. The molecule has 0 aliphatic carbocycles. The van der Waals surface area contributed by atoms with E-state index < -0.39 is 5.91 Å². The predicted octanol–water partition coefficient (Wildman–Crippen LogP) is 3.50. The summed E-state index contributed by atoms with van der Waals surface area (Å²) in [4.78, 5) is 35.8. The predicted molar refractivity (Wildman–Crippen MR) is 114 cm³/mol. The lowest BCUT2D eigenvalue weighted by Crippen LogP contribution is -2.34. The summed E-state index contributed by atoms with van der Waals surface area (Å²) >= 11 is 0. The van der Waals surface area contributed by atoms with Crippen molar-refractivity contribution in [1.82, 2.24) is 10.7 Å². The fourth-order valence-electron chi connectivity index (χ4n) is 2.91. The van der Waals surface area contributed by atoms with Gasteiger partial charge in [0.1, 0.15) is 11.8 Å². The van der Waals surface area contributed by atoms with Crippen LogP contribution in [0.4, 0.5) is 0 Å². The zero-order valence-corrected chi connectivity index (χ0v) is 16.9. The van der Waals surface area contributed by atoms with E-state index in [0.29, 0.717) is 17.4 Å². The molecule has 2 amide bonds. The average Bonchev–Trinajstić information content (AvgIpc) is 2.73. The molecular weight excluding hydrogens is 370 g/mol. The van der Waals surface area contributed by atoms with Gasteiger partial charge in [0.2, 0.25) is 11.3 Å². The molecule has 2 aromatic rings. The normalized spacial score (nSPS) is 11.1. The molecule has 2 rings (SSSR count). The van der Waals surface area contributed by atoms with Crippen molar-refractivity contribution < 1.29 is 14.0 Å². The van der Waals surface area contributed by atoms with E-state index in [0.717, 1.165) is 19.3 Å². The Balaban J connectivity index is 1.66. The summed E-state index contributed by atoms with van der Waals surface area (Å²) in [6, 6.07) is 6.89. The third kappa shape index (κ3) is 7.89. The van der Waals surface area contributed by atoms with E-state index in [1.165, 1.54) is 38.2 Å². The van der Waals surface area contributed by atoms with Gasteiger partial charge in [-0.2, -0.15) is 5.10 Å². The Hall–Kier alpha value is -2.96. The number of amides is 2. The van der Waals surface area contributed by atoms with E-state index in [2.05, 4.69) is 22.8 Å². The minimum atomic E-state index is -0.459. The van der Waals surface area contributed by atoms with E-state index in [1.807, 2.05) is 0 Å². The van der Waals surface area contributed by atoms with Gasteiger partial charge in [0, 0.05) is 6.42 Å². The second kappa shape index (κ2) is 12.5. The first-order chi connectivity index (χ1) is 14.1. The molecule has 2 N–H and O–H groups in total. The molecule has 1 aromatic carbocycles. The zero-order valence-electron chi connectivity index (χ0n) is 16.9. The zero-order chi connectivity index (χ0) is 20.9. The van der Waals surface area contributed by atoms with E-state index in [-0.39, 0.29) is 23.4 Å². The number of nitrogens with zero attached hydrogens (tertiary/aromatic N) is 1. The van der Waals surface area contributed by atoms with E-state index >= 15 is 0 Å². The van der Waals surface area contributed by atoms with Gasteiger partial charge in [0.25, 0.3) is 5.91 Å². The molecule has 0 aliphatic heterocycles. The molecule has 1 heterocycles. The molecule has 1 aromatic heterocycles. The third-order valence-electron chi connectivity index (χ3n) is 4.55. The molecule has 0 radical (unpaired) electrons. The van der Waals surface area contributed by atoms with Crippen LogP contribution in [0.3, 0.4) is 0 Å². The van der Waals surface area contributed by atoms with Crippen LogP contribution in [0, 0.1) is 0 Å². The molecule has 0 atom stereocenters. The molecular formula is C22H29N3O4. The van der Waals surface area contributed by atoms with Crippen molar-refractivity contribution in [3.8, 4) is 0 Å². The Bertz CT molecular complexity index is 889. The second-order valence-electron chi connectivity index (χ2n) is 6.96. The molecule has 0 bridgehead atoms. The molecule has 0 fully saturated rings. The van der Waals surface area contributed by atoms with E-state index in [9.17, 15) is 14.4 Å². The maximum atomic E-state index is 12.3. The number of para-hydroxylation sites is 1. The lowest BCUT2D eigenvalue weighted by molar-refractivity contribution is -0.126. The van der Waals surface area contributed by atoms with Crippen molar-refractivity contribution >= 4 is 29.0 Å². The Morgan fingerprint density at radius 2 is 1.76 bits per heavy atom. The highest BCUT2D eigenvalue weighted by molar-refractivity contribution is 5.88. The summed E-state index contributed by atoms with van der Waals surface area (Å²) in [6.07, 6.45) is 10.9. The standard InChI is InChI=1S/C22H29N3O4/c1-2-3-4-5-6-7-8-13-20(26)23-15-21(27)25-24-14-17-16-29-19-12-10-9-11-18(19)22(17)28/h9-12,14,16H,2-8,13,15H2,1H3,(H,23,26)(H,25,27)/b24-14+. The highest BCUT2D eigenvalue weighted by Crippen LogP contribution is 2.09. The molecule has 7 heteroatoms. The smallest absolute Gasteiger partial charge is 0.259 e. The number of nitrogens with one attached hydrogen (secondary N) is 2. The monoisotopic (exact) mass is 399 g/mol. The van der Waals surface area contributed by atoms with Gasteiger partial charge >= 0.3 is 0 Å². The number of carbonyl (C=O) groups is 2. The minimum absolute atomic E-state index is 0.145. The van der Waals surface area contributed by atoms with Crippen LogP contribution in [0.2, 0.25) is 0 Å². The van der Waals surface area contributed by atoms with E-state index in [1.54, 1.807) is 24.3 Å². The highest BCUT2D eigenvalue weighted by Gasteiger charge is 2.06. The van der Waals surface area contributed by atoms with Crippen LogP contribution < -0.4 is 16.2 Å². The lowest BCUT2D eigenvalue weighted by atomic mass is 10.1. The fourth-order valence-corrected chi connectivity index (χ4v) is 2.91. The van der Waals surface area contributed by atoms with Crippen molar-refractivity contribution in [1.29, 1.82) is 0 Å². The molecule has 7 nitrogen and oxygen atoms in total. The summed E-state index contributed by atoms with van der Waals surface area (Å²) in [7, 11) is 0. The molecule has 0 spiro atoms. The number of unbranched alkanes of at least 4 members (excludes halogenated alkanes) is 6. The summed E-state index contributed by atoms with van der Waals surface area (Å²) in [5.74, 6) is -0.604. The summed E-state index contributed by atoms with van der Waals surface area (Å²) < 4.78 is 5.37. The molecule has 156 valence electrons. The maximum Gasteiger partial charge on any atom is 0.259 e.